The average molecular weight is 293 g/mol. The van der Waals surface area contributed by atoms with Crippen LogP contribution in [0.1, 0.15) is 10.4 Å². The maximum absolute atomic E-state index is 12.2. The van der Waals surface area contributed by atoms with E-state index in [4.69, 9.17) is 9.94 Å². The molecule has 0 spiro atoms. The van der Waals surface area contributed by atoms with Gasteiger partial charge in [-0.3, -0.25) is 19.4 Å². The number of amides is 1. The molecule has 21 heavy (non-hydrogen) atoms. The van der Waals surface area contributed by atoms with Gasteiger partial charge in [-0.1, -0.05) is 0 Å². The molecule has 2 aromatic rings. The SMILES string of the molecule is COn1c(=O)c(C(=O)NCC(=O)O)c(O)c2ncccc21. The molecule has 0 saturated heterocycles. The lowest BCUT2D eigenvalue weighted by atomic mass is 10.2. The molecule has 1 amide bonds. The van der Waals surface area contributed by atoms with Crippen molar-refractivity contribution in [2.24, 2.45) is 0 Å². The van der Waals surface area contributed by atoms with Gasteiger partial charge in [0.05, 0.1) is 0 Å². The molecule has 0 aromatic carbocycles. The lowest BCUT2D eigenvalue weighted by molar-refractivity contribution is -0.135. The van der Waals surface area contributed by atoms with Crippen molar-refractivity contribution in [3.05, 3.63) is 34.2 Å². The third kappa shape index (κ3) is 2.48. The van der Waals surface area contributed by atoms with Gasteiger partial charge in [0.2, 0.25) is 0 Å². The number of aromatic nitrogens is 2. The zero-order valence-corrected chi connectivity index (χ0v) is 10.9. The summed E-state index contributed by atoms with van der Waals surface area (Å²) in [6.45, 7) is -0.690. The van der Waals surface area contributed by atoms with Gasteiger partial charge in [0.1, 0.15) is 24.7 Å². The number of hydrogen-bond acceptors (Lipinski definition) is 6. The van der Waals surface area contributed by atoms with Gasteiger partial charge < -0.3 is 20.4 Å². The van der Waals surface area contributed by atoms with Crippen molar-refractivity contribution >= 4 is 22.9 Å². The van der Waals surface area contributed by atoms with Crippen molar-refractivity contribution in [3.63, 3.8) is 0 Å². The first-order valence-electron chi connectivity index (χ1n) is 5.74. The summed E-state index contributed by atoms with van der Waals surface area (Å²) in [5.41, 5.74) is -1.39. The van der Waals surface area contributed by atoms with Crippen LogP contribution in [0.3, 0.4) is 0 Å². The smallest absolute Gasteiger partial charge is 0.322 e. The zero-order chi connectivity index (χ0) is 15.6. The van der Waals surface area contributed by atoms with Gasteiger partial charge in [0.15, 0.2) is 11.3 Å². The molecule has 110 valence electrons. The van der Waals surface area contributed by atoms with Gasteiger partial charge >= 0.3 is 5.97 Å². The lowest BCUT2D eigenvalue weighted by Crippen LogP contribution is -2.37. The zero-order valence-electron chi connectivity index (χ0n) is 10.9. The fourth-order valence-corrected chi connectivity index (χ4v) is 1.80. The Morgan fingerprint density at radius 3 is 2.81 bits per heavy atom. The number of nitrogens with one attached hydrogen (secondary N) is 1. The summed E-state index contributed by atoms with van der Waals surface area (Å²) in [6, 6.07) is 3.01. The number of aliphatic carboxylic acids is 1. The maximum atomic E-state index is 12.2. The molecule has 2 heterocycles. The van der Waals surface area contributed by atoms with Crippen LogP contribution < -0.4 is 15.7 Å². The van der Waals surface area contributed by atoms with Gasteiger partial charge in [-0.2, -0.15) is 0 Å². The van der Waals surface area contributed by atoms with Crippen molar-refractivity contribution in [2.75, 3.05) is 13.7 Å². The Morgan fingerprint density at radius 1 is 1.48 bits per heavy atom. The van der Waals surface area contributed by atoms with Crippen LogP contribution in [0, 0.1) is 0 Å². The molecule has 0 atom stereocenters. The Hall–Kier alpha value is -3.10. The summed E-state index contributed by atoms with van der Waals surface area (Å²) >= 11 is 0. The molecule has 2 rings (SSSR count). The number of fused-ring (bicyclic) bond motifs is 1. The molecule has 0 radical (unpaired) electrons. The Bertz CT molecular complexity index is 782. The molecule has 3 N–H and O–H groups in total. The topological polar surface area (TPSA) is 131 Å². The van der Waals surface area contributed by atoms with Crippen LogP contribution in [0.2, 0.25) is 0 Å². The molecular weight excluding hydrogens is 282 g/mol. The van der Waals surface area contributed by atoms with Crippen molar-refractivity contribution in [3.8, 4) is 5.75 Å². The second-order valence-corrected chi connectivity index (χ2v) is 3.95. The minimum Gasteiger partial charge on any atom is -0.505 e. The van der Waals surface area contributed by atoms with Crippen molar-refractivity contribution in [1.29, 1.82) is 0 Å². The van der Waals surface area contributed by atoms with Gasteiger partial charge in [-0.25, -0.2) is 0 Å². The van der Waals surface area contributed by atoms with Crippen LogP contribution in [0.15, 0.2) is 23.1 Å². The number of carbonyl (C=O) groups is 2. The van der Waals surface area contributed by atoms with Crippen LogP contribution in [-0.2, 0) is 4.79 Å². The molecule has 0 unspecified atom stereocenters. The predicted molar refractivity (Wildman–Crippen MR) is 70.1 cm³/mol. The Kier molecular flexibility index (Phi) is 3.74. The van der Waals surface area contributed by atoms with E-state index in [0.29, 0.717) is 0 Å². The number of carbonyl (C=O) groups excluding carboxylic acids is 1. The molecule has 2 aromatic heterocycles. The second kappa shape index (κ2) is 5.49. The molecule has 0 bridgehead atoms. The first kappa shape index (κ1) is 14.3. The first-order chi connectivity index (χ1) is 9.97. The van der Waals surface area contributed by atoms with E-state index >= 15 is 0 Å². The lowest BCUT2D eigenvalue weighted by Gasteiger charge is -2.12. The predicted octanol–water partition coefficient (Wildman–Crippen LogP) is -1.03. The molecular formula is C12H11N3O6. The highest BCUT2D eigenvalue weighted by molar-refractivity contribution is 6.02. The number of nitrogens with zero attached hydrogens (tertiary/aromatic N) is 2. The number of rotatable bonds is 4. The van der Waals surface area contributed by atoms with E-state index < -0.39 is 35.3 Å². The van der Waals surface area contributed by atoms with Crippen LogP contribution in [-0.4, -0.2) is 45.5 Å². The van der Waals surface area contributed by atoms with E-state index in [1.165, 1.54) is 25.4 Å². The van der Waals surface area contributed by atoms with Gasteiger partial charge in [-0.05, 0) is 12.1 Å². The van der Waals surface area contributed by atoms with Gasteiger partial charge in [-0.15, -0.1) is 4.73 Å². The van der Waals surface area contributed by atoms with E-state index in [-0.39, 0.29) is 11.0 Å². The fourth-order valence-electron chi connectivity index (χ4n) is 1.80. The molecule has 0 fully saturated rings. The largest absolute Gasteiger partial charge is 0.505 e. The highest BCUT2D eigenvalue weighted by atomic mass is 16.6. The molecule has 0 aliphatic carbocycles. The molecule has 9 heteroatoms. The van der Waals surface area contributed by atoms with Crippen LogP contribution in [0.25, 0.3) is 11.0 Å². The van der Waals surface area contributed by atoms with Crippen molar-refractivity contribution in [1.82, 2.24) is 15.0 Å². The Morgan fingerprint density at radius 2 is 2.19 bits per heavy atom. The van der Waals surface area contributed by atoms with E-state index in [0.717, 1.165) is 4.73 Å². The first-order valence-corrected chi connectivity index (χ1v) is 5.74. The number of carboxylic acids is 1. The number of aromatic hydroxyl groups is 1. The number of hydrogen-bond donors (Lipinski definition) is 3. The van der Waals surface area contributed by atoms with Crippen molar-refractivity contribution < 1.29 is 24.6 Å². The normalized spacial score (nSPS) is 10.3. The van der Waals surface area contributed by atoms with Crippen LogP contribution in [0.4, 0.5) is 0 Å². The average Bonchev–Trinajstić information content (AvgIpc) is 2.46. The third-order valence-electron chi connectivity index (χ3n) is 2.67. The van der Waals surface area contributed by atoms with E-state index in [1.807, 2.05) is 5.32 Å². The second-order valence-electron chi connectivity index (χ2n) is 3.95. The molecule has 0 saturated carbocycles. The quantitative estimate of drug-likeness (QED) is 0.657. The standard InChI is InChI=1S/C12H11N3O6/c1-21-15-6-3-2-4-13-9(6)10(18)8(12(15)20)11(19)14-5-7(16)17/h2-4,18H,5H2,1H3,(H,14,19)(H,16,17). The Balaban J connectivity index is 2.66. The van der Waals surface area contributed by atoms with Crippen molar-refractivity contribution in [2.45, 2.75) is 0 Å². The number of carboxylic acid groups (broad SMARTS) is 1. The molecule has 9 nitrogen and oxygen atoms in total. The van der Waals surface area contributed by atoms with Gasteiger partial charge in [0, 0.05) is 6.20 Å². The molecule has 0 aliphatic rings. The fraction of sp³-hybridized carbons (Fsp3) is 0.167. The maximum Gasteiger partial charge on any atom is 0.322 e. The minimum absolute atomic E-state index is 0.0144. The third-order valence-corrected chi connectivity index (χ3v) is 2.67. The summed E-state index contributed by atoms with van der Waals surface area (Å²) in [6.07, 6.45) is 1.37. The Labute approximate surface area is 117 Å². The number of pyridine rings is 2. The highest BCUT2D eigenvalue weighted by Crippen LogP contribution is 2.23. The minimum atomic E-state index is -1.28. The van der Waals surface area contributed by atoms with E-state index in [9.17, 15) is 19.5 Å². The summed E-state index contributed by atoms with van der Waals surface area (Å²) in [5.74, 6) is -2.95. The van der Waals surface area contributed by atoms with Gasteiger partial charge in [0.25, 0.3) is 11.5 Å². The van der Waals surface area contributed by atoms with E-state index in [2.05, 4.69) is 4.98 Å². The summed E-state index contributed by atoms with van der Waals surface area (Å²) in [5, 5.41) is 20.6. The summed E-state index contributed by atoms with van der Waals surface area (Å²) < 4.78 is 0.789. The monoisotopic (exact) mass is 293 g/mol. The highest BCUT2D eigenvalue weighted by Gasteiger charge is 2.23. The van der Waals surface area contributed by atoms with Crippen LogP contribution >= 0.6 is 0 Å². The van der Waals surface area contributed by atoms with E-state index in [1.54, 1.807) is 0 Å². The summed E-state index contributed by atoms with van der Waals surface area (Å²) in [4.78, 5) is 43.2. The van der Waals surface area contributed by atoms with Crippen LogP contribution in [0.5, 0.6) is 5.75 Å². The molecule has 0 aliphatic heterocycles. The summed E-state index contributed by atoms with van der Waals surface area (Å²) in [7, 11) is 1.21.